The zero-order valence-electron chi connectivity index (χ0n) is 13.9. The maximum Gasteiger partial charge on any atom is 0.251 e. The van der Waals surface area contributed by atoms with E-state index < -0.39 is 0 Å². The lowest BCUT2D eigenvalue weighted by molar-refractivity contribution is 0.0552. The van der Waals surface area contributed by atoms with Gasteiger partial charge in [-0.15, -0.1) is 0 Å². The van der Waals surface area contributed by atoms with E-state index in [2.05, 4.69) is 15.2 Å². The first-order chi connectivity index (χ1) is 11.8. The van der Waals surface area contributed by atoms with E-state index in [0.717, 1.165) is 39.3 Å². The molecule has 1 amide bonds. The second kappa shape index (κ2) is 7.17. The van der Waals surface area contributed by atoms with Crippen LogP contribution in [0.4, 0.5) is 0 Å². The van der Waals surface area contributed by atoms with Crippen LogP contribution >= 0.6 is 0 Å². The molecule has 3 saturated heterocycles. The molecule has 0 spiro atoms. The minimum absolute atomic E-state index is 0.0543. The van der Waals surface area contributed by atoms with Gasteiger partial charge in [0.1, 0.15) is 0 Å². The number of aromatic nitrogens is 1. The molecule has 0 radical (unpaired) electrons. The Morgan fingerprint density at radius 1 is 1.29 bits per heavy atom. The summed E-state index contributed by atoms with van der Waals surface area (Å²) in [6.45, 7) is 5.37. The average Bonchev–Trinajstić information content (AvgIpc) is 3.30. The van der Waals surface area contributed by atoms with Crippen molar-refractivity contribution in [1.82, 2.24) is 15.2 Å². The third-order valence-electron chi connectivity index (χ3n) is 5.67. The van der Waals surface area contributed by atoms with Gasteiger partial charge < -0.3 is 14.8 Å². The van der Waals surface area contributed by atoms with Gasteiger partial charge in [0.05, 0.1) is 19.3 Å². The maximum atomic E-state index is 12.2. The molecule has 6 nitrogen and oxygen atoms in total. The molecule has 1 N–H and O–H groups in total. The highest BCUT2D eigenvalue weighted by Crippen LogP contribution is 2.35. The van der Waals surface area contributed by atoms with Gasteiger partial charge in [0.25, 0.3) is 5.91 Å². The molecule has 3 aliphatic heterocycles. The number of amides is 1. The van der Waals surface area contributed by atoms with Gasteiger partial charge in [0, 0.05) is 49.6 Å². The zero-order valence-corrected chi connectivity index (χ0v) is 13.9. The monoisotopic (exact) mass is 331 g/mol. The Bertz CT molecular complexity index is 562. The van der Waals surface area contributed by atoms with Crippen molar-refractivity contribution in [3.8, 4) is 0 Å². The number of hydrogen-bond donors (Lipinski definition) is 1. The van der Waals surface area contributed by atoms with Crippen LogP contribution in [-0.4, -0.2) is 67.4 Å². The lowest BCUT2D eigenvalue weighted by Crippen LogP contribution is -2.49. The smallest absolute Gasteiger partial charge is 0.251 e. The Hall–Kier alpha value is -1.50. The quantitative estimate of drug-likeness (QED) is 0.889. The van der Waals surface area contributed by atoms with E-state index in [1.54, 1.807) is 24.5 Å². The van der Waals surface area contributed by atoms with Crippen LogP contribution in [0.3, 0.4) is 0 Å². The molecule has 1 aromatic heterocycles. The first kappa shape index (κ1) is 16.0. The van der Waals surface area contributed by atoms with Gasteiger partial charge in [-0.2, -0.15) is 0 Å². The molecule has 24 heavy (non-hydrogen) atoms. The molecule has 4 heterocycles. The number of piperidine rings is 1. The summed E-state index contributed by atoms with van der Waals surface area (Å²) in [5.74, 6) is 1.09. The molecular weight excluding hydrogens is 306 g/mol. The molecule has 4 rings (SSSR count). The molecule has 0 aliphatic carbocycles. The highest BCUT2D eigenvalue weighted by molar-refractivity contribution is 5.93. The average molecular weight is 331 g/mol. The van der Waals surface area contributed by atoms with Crippen molar-refractivity contribution >= 4 is 5.91 Å². The second-order valence-electron chi connectivity index (χ2n) is 7.04. The van der Waals surface area contributed by atoms with Crippen molar-refractivity contribution < 1.29 is 14.3 Å². The number of likely N-dealkylation sites (tertiary alicyclic amines) is 1. The van der Waals surface area contributed by atoms with Crippen LogP contribution in [0.25, 0.3) is 0 Å². The maximum absolute atomic E-state index is 12.2. The van der Waals surface area contributed by atoms with Crippen molar-refractivity contribution in [2.75, 3.05) is 39.5 Å². The van der Waals surface area contributed by atoms with E-state index in [1.807, 2.05) is 0 Å². The summed E-state index contributed by atoms with van der Waals surface area (Å²) in [6, 6.07) is 4.03. The molecule has 130 valence electrons. The number of pyridine rings is 1. The van der Waals surface area contributed by atoms with Gasteiger partial charge in [0.15, 0.2) is 0 Å². The Balaban J connectivity index is 1.33. The molecule has 3 fully saturated rings. The Morgan fingerprint density at radius 2 is 2.17 bits per heavy atom. The third kappa shape index (κ3) is 3.31. The molecular formula is C18H25N3O3. The van der Waals surface area contributed by atoms with E-state index in [0.29, 0.717) is 30.0 Å². The van der Waals surface area contributed by atoms with Crippen LogP contribution in [0.1, 0.15) is 23.2 Å². The minimum Gasteiger partial charge on any atom is -0.380 e. The summed E-state index contributed by atoms with van der Waals surface area (Å²) < 4.78 is 11.6. The van der Waals surface area contributed by atoms with Gasteiger partial charge in [-0.25, -0.2) is 0 Å². The Kier molecular flexibility index (Phi) is 4.78. The number of nitrogens with zero attached hydrogens (tertiary/aromatic N) is 2. The van der Waals surface area contributed by atoms with Crippen LogP contribution in [0.2, 0.25) is 0 Å². The lowest BCUT2D eigenvalue weighted by atomic mass is 9.84. The highest BCUT2D eigenvalue weighted by atomic mass is 16.5. The molecule has 6 heteroatoms. The van der Waals surface area contributed by atoms with Crippen LogP contribution in [-0.2, 0) is 9.47 Å². The fourth-order valence-electron chi connectivity index (χ4n) is 4.21. The Morgan fingerprint density at radius 3 is 2.96 bits per heavy atom. The summed E-state index contributed by atoms with van der Waals surface area (Å²) in [7, 11) is 0. The predicted molar refractivity (Wildman–Crippen MR) is 88.7 cm³/mol. The van der Waals surface area contributed by atoms with E-state index >= 15 is 0 Å². The van der Waals surface area contributed by atoms with Gasteiger partial charge in [-0.05, 0) is 37.4 Å². The number of hydrogen-bond acceptors (Lipinski definition) is 5. The van der Waals surface area contributed by atoms with Crippen LogP contribution < -0.4 is 5.32 Å². The zero-order chi connectivity index (χ0) is 16.4. The fraction of sp³-hybridized carbons (Fsp3) is 0.667. The molecule has 0 aromatic carbocycles. The van der Waals surface area contributed by atoms with E-state index in [4.69, 9.17) is 9.47 Å². The summed E-state index contributed by atoms with van der Waals surface area (Å²) in [6.07, 6.45) is 5.72. The number of nitrogens with one attached hydrogen (secondary N) is 1. The fourth-order valence-corrected chi connectivity index (χ4v) is 4.21. The summed E-state index contributed by atoms with van der Waals surface area (Å²) in [4.78, 5) is 18.7. The summed E-state index contributed by atoms with van der Waals surface area (Å²) >= 11 is 0. The summed E-state index contributed by atoms with van der Waals surface area (Å²) in [5.41, 5.74) is 0.646. The van der Waals surface area contributed by atoms with Crippen molar-refractivity contribution in [2.24, 2.45) is 11.8 Å². The van der Waals surface area contributed by atoms with Gasteiger partial charge in [-0.3, -0.25) is 14.7 Å². The van der Waals surface area contributed by atoms with Crippen molar-refractivity contribution in [3.63, 3.8) is 0 Å². The van der Waals surface area contributed by atoms with E-state index in [9.17, 15) is 4.79 Å². The summed E-state index contributed by atoms with van der Waals surface area (Å²) in [5, 5.41) is 3.02. The number of ether oxygens (including phenoxy) is 2. The van der Waals surface area contributed by atoms with Gasteiger partial charge in [0.2, 0.25) is 0 Å². The number of rotatable bonds is 4. The molecule has 1 unspecified atom stereocenters. The first-order valence-corrected chi connectivity index (χ1v) is 8.93. The van der Waals surface area contributed by atoms with Crippen LogP contribution in [0.15, 0.2) is 24.5 Å². The Labute approximate surface area is 142 Å². The van der Waals surface area contributed by atoms with Crippen molar-refractivity contribution in [1.29, 1.82) is 0 Å². The topological polar surface area (TPSA) is 63.7 Å². The number of carbonyl (C=O) groups is 1. The largest absolute Gasteiger partial charge is 0.380 e. The highest BCUT2D eigenvalue weighted by Gasteiger charge is 2.42. The third-order valence-corrected chi connectivity index (χ3v) is 5.67. The molecule has 1 aromatic rings. The van der Waals surface area contributed by atoms with Crippen LogP contribution in [0, 0.1) is 11.8 Å². The van der Waals surface area contributed by atoms with E-state index in [-0.39, 0.29) is 12.0 Å². The van der Waals surface area contributed by atoms with Crippen molar-refractivity contribution in [3.05, 3.63) is 30.1 Å². The van der Waals surface area contributed by atoms with Gasteiger partial charge >= 0.3 is 0 Å². The number of fused-ring (bicyclic) bond motifs is 1. The number of carbonyl (C=O) groups excluding carboxylic acids is 1. The SMILES string of the molecule is O=C(NC[C@@H]1OC[C@H]2CCN(C3CCOC3)C[C@H]21)c1ccncc1. The molecule has 3 aliphatic rings. The lowest BCUT2D eigenvalue weighted by Gasteiger charge is -2.38. The van der Waals surface area contributed by atoms with E-state index in [1.165, 1.54) is 6.42 Å². The van der Waals surface area contributed by atoms with Gasteiger partial charge in [-0.1, -0.05) is 0 Å². The standard InChI is InChI=1S/C18H25N3O3/c22-18(13-1-5-19-6-2-13)20-9-17-16-10-21(15-4-8-23-12-15)7-3-14(16)11-24-17/h1-2,5-6,14-17H,3-4,7-12H2,(H,20,22)/t14-,15?,16-,17+/m1/s1. The molecule has 0 saturated carbocycles. The first-order valence-electron chi connectivity index (χ1n) is 8.93. The van der Waals surface area contributed by atoms with Crippen molar-refractivity contribution in [2.45, 2.75) is 25.0 Å². The van der Waals surface area contributed by atoms with Crippen LogP contribution in [0.5, 0.6) is 0 Å². The predicted octanol–water partition coefficient (Wildman–Crippen LogP) is 0.937. The molecule has 0 bridgehead atoms. The minimum atomic E-state index is -0.0543. The normalized spacial score (nSPS) is 33.3. The second-order valence-corrected chi connectivity index (χ2v) is 7.04. The molecule has 4 atom stereocenters.